The van der Waals surface area contributed by atoms with E-state index in [1.54, 1.807) is 0 Å². The van der Waals surface area contributed by atoms with E-state index >= 15 is 0 Å². The summed E-state index contributed by atoms with van der Waals surface area (Å²) < 4.78 is 10.4. The topological polar surface area (TPSA) is 18.5 Å². The molecule has 1 aromatic rings. The van der Waals surface area contributed by atoms with Crippen molar-refractivity contribution in [2.24, 2.45) is 0 Å². The maximum atomic E-state index is 5.33. The van der Waals surface area contributed by atoms with Crippen molar-refractivity contribution in [3.63, 3.8) is 0 Å². The first-order chi connectivity index (χ1) is 5.83. The van der Waals surface area contributed by atoms with Gasteiger partial charge in [-0.15, -0.1) is 17.0 Å². The highest BCUT2D eigenvalue weighted by Crippen LogP contribution is 2.21. The minimum absolute atomic E-state index is 0. The highest BCUT2D eigenvalue weighted by Gasteiger charge is 1.92. The van der Waals surface area contributed by atoms with Crippen molar-refractivity contribution in [3.05, 3.63) is 29.8 Å². The van der Waals surface area contributed by atoms with Crippen LogP contribution in [-0.2, 0) is 4.52 Å². The number of hydrogen-bond acceptors (Lipinski definition) is 2. The zero-order valence-corrected chi connectivity index (χ0v) is 10.5. The minimum atomic E-state index is 0. The van der Waals surface area contributed by atoms with Gasteiger partial charge < -0.3 is 9.05 Å². The first-order valence-corrected chi connectivity index (χ1v) is 4.75. The predicted molar refractivity (Wildman–Crippen MR) is 62.1 cm³/mol. The summed E-state index contributed by atoms with van der Waals surface area (Å²) in [6.07, 6.45) is 0. The van der Waals surface area contributed by atoms with Crippen LogP contribution >= 0.6 is 26.0 Å². The number of hydrogen-bond donors (Lipinski definition) is 0. The molecular weight excluding hydrogens is 251 g/mol. The van der Waals surface area contributed by atoms with Crippen molar-refractivity contribution in [2.75, 3.05) is 6.61 Å². The lowest BCUT2D eigenvalue weighted by Crippen LogP contribution is -1.82. The molecule has 0 spiro atoms. The van der Waals surface area contributed by atoms with Gasteiger partial charge in [0.15, 0.2) is 0 Å². The Morgan fingerprint density at radius 3 is 2.77 bits per heavy atom. The first-order valence-electron chi connectivity index (χ1n) is 3.93. The average molecular weight is 265 g/mol. The van der Waals surface area contributed by atoms with Crippen LogP contribution in [0.25, 0.3) is 0 Å². The second kappa shape index (κ2) is 7.31. The Bertz CT molecular complexity index is 243. The van der Waals surface area contributed by atoms with Gasteiger partial charge in [0.05, 0.1) is 6.61 Å². The Labute approximate surface area is 91.4 Å². The van der Waals surface area contributed by atoms with Gasteiger partial charge in [0.1, 0.15) is 5.75 Å². The Balaban J connectivity index is 0.00000144. The van der Waals surface area contributed by atoms with Crippen molar-refractivity contribution >= 4 is 26.0 Å². The van der Waals surface area contributed by atoms with Crippen LogP contribution in [0.4, 0.5) is 0 Å². The minimum Gasteiger partial charge on any atom is -0.450 e. The molecular formula is C9H14BrO2P. The van der Waals surface area contributed by atoms with Gasteiger partial charge in [0.25, 0.3) is 0 Å². The maximum absolute atomic E-state index is 5.33. The molecule has 4 heteroatoms. The molecule has 0 aromatic heterocycles. The van der Waals surface area contributed by atoms with Crippen LogP contribution < -0.4 is 4.52 Å². The van der Waals surface area contributed by atoms with Gasteiger partial charge >= 0.3 is 0 Å². The van der Waals surface area contributed by atoms with E-state index in [1.165, 1.54) is 5.56 Å². The molecule has 0 aliphatic rings. The molecule has 0 radical (unpaired) electrons. The second-order valence-corrected chi connectivity index (χ2v) is 3.09. The van der Waals surface area contributed by atoms with Crippen molar-refractivity contribution in [1.82, 2.24) is 0 Å². The van der Waals surface area contributed by atoms with Crippen LogP contribution in [-0.4, -0.2) is 6.61 Å². The Morgan fingerprint density at radius 1 is 1.38 bits per heavy atom. The molecule has 1 unspecified atom stereocenters. The van der Waals surface area contributed by atoms with Crippen molar-refractivity contribution in [1.29, 1.82) is 0 Å². The number of aryl methyl sites for hydroxylation is 1. The molecule has 0 fully saturated rings. The van der Waals surface area contributed by atoms with Gasteiger partial charge in [-0.25, -0.2) is 0 Å². The zero-order valence-electron chi connectivity index (χ0n) is 7.74. The SMILES string of the molecule is Br.CCOPOc1cccc(C)c1. The van der Waals surface area contributed by atoms with E-state index in [2.05, 4.69) is 0 Å². The Kier molecular flexibility index (Phi) is 7.25. The largest absolute Gasteiger partial charge is 0.450 e. The normalized spacial score (nSPS) is 10.0. The highest BCUT2D eigenvalue weighted by atomic mass is 79.9. The standard InChI is InChI=1S/C9H13O2P.BrH/c1-3-10-12-11-9-6-4-5-8(2)7-9;/h4-7,12H,3H2,1-2H3;1H. The van der Waals surface area contributed by atoms with Crippen LogP contribution in [0.1, 0.15) is 12.5 Å². The molecule has 2 nitrogen and oxygen atoms in total. The predicted octanol–water partition coefficient (Wildman–Crippen LogP) is 3.50. The van der Waals surface area contributed by atoms with Gasteiger partial charge in [-0.2, -0.15) is 0 Å². The highest BCUT2D eigenvalue weighted by molar-refractivity contribution is 8.93. The smallest absolute Gasteiger partial charge is 0.215 e. The molecule has 0 aliphatic carbocycles. The van der Waals surface area contributed by atoms with Gasteiger partial charge in [0.2, 0.25) is 9.03 Å². The summed E-state index contributed by atoms with van der Waals surface area (Å²) in [7, 11) is 0.106. The molecule has 1 atom stereocenters. The summed E-state index contributed by atoms with van der Waals surface area (Å²) >= 11 is 0. The third-order valence-electron chi connectivity index (χ3n) is 1.35. The van der Waals surface area contributed by atoms with Crippen LogP contribution in [0.15, 0.2) is 24.3 Å². The van der Waals surface area contributed by atoms with Crippen molar-refractivity contribution in [3.8, 4) is 5.75 Å². The molecule has 0 aliphatic heterocycles. The number of rotatable bonds is 4. The summed E-state index contributed by atoms with van der Waals surface area (Å²) in [6.45, 7) is 4.69. The van der Waals surface area contributed by atoms with Gasteiger partial charge in [0, 0.05) is 0 Å². The third kappa shape index (κ3) is 5.25. The van der Waals surface area contributed by atoms with E-state index in [-0.39, 0.29) is 26.0 Å². The zero-order chi connectivity index (χ0) is 8.81. The van der Waals surface area contributed by atoms with Gasteiger partial charge in [-0.05, 0) is 31.5 Å². The van der Waals surface area contributed by atoms with Gasteiger partial charge in [-0.1, -0.05) is 12.1 Å². The number of benzene rings is 1. The summed E-state index contributed by atoms with van der Waals surface area (Å²) in [5.74, 6) is 0.877. The van der Waals surface area contributed by atoms with E-state index in [4.69, 9.17) is 9.05 Å². The van der Waals surface area contributed by atoms with Crippen LogP contribution in [0, 0.1) is 6.92 Å². The maximum Gasteiger partial charge on any atom is 0.215 e. The van der Waals surface area contributed by atoms with Crippen molar-refractivity contribution in [2.45, 2.75) is 13.8 Å². The lowest BCUT2D eigenvalue weighted by atomic mass is 10.2. The fourth-order valence-corrected chi connectivity index (χ4v) is 1.22. The van der Waals surface area contributed by atoms with Gasteiger partial charge in [-0.3, -0.25) is 0 Å². The fraction of sp³-hybridized carbons (Fsp3) is 0.333. The summed E-state index contributed by atoms with van der Waals surface area (Å²) in [5.41, 5.74) is 1.20. The van der Waals surface area contributed by atoms with E-state index in [0.29, 0.717) is 6.61 Å². The summed E-state index contributed by atoms with van der Waals surface area (Å²) in [5, 5.41) is 0. The molecule has 0 bridgehead atoms. The Hall–Kier alpha value is -0.110. The lowest BCUT2D eigenvalue weighted by molar-refractivity contribution is 0.351. The molecule has 0 saturated carbocycles. The van der Waals surface area contributed by atoms with Crippen molar-refractivity contribution < 1.29 is 9.05 Å². The molecule has 0 saturated heterocycles. The fourth-order valence-electron chi connectivity index (χ4n) is 0.815. The summed E-state index contributed by atoms with van der Waals surface area (Å²) in [4.78, 5) is 0. The molecule has 13 heavy (non-hydrogen) atoms. The van der Waals surface area contributed by atoms with Crippen LogP contribution in [0.2, 0.25) is 0 Å². The van der Waals surface area contributed by atoms with Crippen LogP contribution in [0.3, 0.4) is 0 Å². The molecule has 1 aromatic carbocycles. The molecule has 0 heterocycles. The van der Waals surface area contributed by atoms with Crippen LogP contribution in [0.5, 0.6) is 5.75 Å². The second-order valence-electron chi connectivity index (χ2n) is 2.43. The number of halogens is 1. The molecule has 0 amide bonds. The third-order valence-corrected chi connectivity index (χ3v) is 2.08. The molecule has 74 valence electrons. The van der Waals surface area contributed by atoms with E-state index < -0.39 is 0 Å². The van der Waals surface area contributed by atoms with E-state index in [1.807, 2.05) is 38.1 Å². The van der Waals surface area contributed by atoms with E-state index in [0.717, 1.165) is 5.75 Å². The lowest BCUT2D eigenvalue weighted by Gasteiger charge is -2.04. The first kappa shape index (κ1) is 12.9. The average Bonchev–Trinajstić information content (AvgIpc) is 2.05. The quantitative estimate of drug-likeness (QED) is 0.612. The summed E-state index contributed by atoms with van der Waals surface area (Å²) in [6, 6.07) is 7.93. The van der Waals surface area contributed by atoms with E-state index in [9.17, 15) is 0 Å². The monoisotopic (exact) mass is 264 g/mol. The Morgan fingerprint density at radius 2 is 2.15 bits per heavy atom. The molecule has 0 N–H and O–H groups in total. The molecule has 1 rings (SSSR count).